The van der Waals surface area contributed by atoms with Crippen molar-refractivity contribution < 1.29 is 0 Å². The molecule has 0 saturated carbocycles. The van der Waals surface area contributed by atoms with E-state index in [4.69, 9.17) is 0 Å². The number of hydrogen-bond acceptors (Lipinski definition) is 0. The van der Waals surface area contributed by atoms with Crippen LogP contribution in [0.4, 0.5) is 0 Å². The standard InChI is InChI=1S/C16H32/c1-9-10-11-13(2)16(7,8)12-14(3)15(4,5)6/h13H,3,9-12H2,1-2,4-8H3. The van der Waals surface area contributed by atoms with Gasteiger partial charge >= 0.3 is 0 Å². The molecule has 0 aliphatic rings. The summed E-state index contributed by atoms with van der Waals surface area (Å²) in [6.45, 7) is 20.5. The second-order valence-electron chi connectivity index (χ2n) is 7.06. The third-order valence-electron chi connectivity index (χ3n) is 4.05. The zero-order valence-electron chi connectivity index (χ0n) is 12.6. The van der Waals surface area contributed by atoms with E-state index < -0.39 is 0 Å². The van der Waals surface area contributed by atoms with Gasteiger partial charge in [-0.25, -0.2) is 0 Å². The van der Waals surface area contributed by atoms with Gasteiger partial charge in [0.05, 0.1) is 0 Å². The second-order valence-corrected chi connectivity index (χ2v) is 7.06. The largest absolute Gasteiger partial charge is 0.0993 e. The van der Waals surface area contributed by atoms with Crippen molar-refractivity contribution in [2.45, 2.75) is 74.1 Å². The Morgan fingerprint density at radius 1 is 1.12 bits per heavy atom. The van der Waals surface area contributed by atoms with E-state index in [0.29, 0.717) is 5.41 Å². The summed E-state index contributed by atoms with van der Waals surface area (Å²) >= 11 is 0. The lowest BCUT2D eigenvalue weighted by Gasteiger charge is -2.36. The molecule has 1 unspecified atom stereocenters. The van der Waals surface area contributed by atoms with Gasteiger partial charge < -0.3 is 0 Å². The van der Waals surface area contributed by atoms with Gasteiger partial charge in [-0.15, -0.1) is 0 Å². The predicted molar refractivity (Wildman–Crippen MR) is 75.7 cm³/mol. The van der Waals surface area contributed by atoms with Crippen molar-refractivity contribution >= 4 is 0 Å². The van der Waals surface area contributed by atoms with Crippen molar-refractivity contribution in [1.82, 2.24) is 0 Å². The lowest BCUT2D eigenvalue weighted by Crippen LogP contribution is -2.25. The van der Waals surface area contributed by atoms with Crippen LogP contribution in [0.2, 0.25) is 0 Å². The number of rotatable bonds is 6. The summed E-state index contributed by atoms with van der Waals surface area (Å²) < 4.78 is 0. The van der Waals surface area contributed by atoms with Crippen LogP contribution in [0.5, 0.6) is 0 Å². The molecule has 0 aromatic rings. The fraction of sp³-hybridized carbons (Fsp3) is 0.875. The van der Waals surface area contributed by atoms with Crippen molar-refractivity contribution in [2.24, 2.45) is 16.7 Å². The van der Waals surface area contributed by atoms with Crippen molar-refractivity contribution in [3.8, 4) is 0 Å². The van der Waals surface area contributed by atoms with Gasteiger partial charge in [0.25, 0.3) is 0 Å². The van der Waals surface area contributed by atoms with Gasteiger partial charge in [0.15, 0.2) is 0 Å². The topological polar surface area (TPSA) is 0 Å². The first-order valence-electron chi connectivity index (χ1n) is 6.79. The number of hydrogen-bond donors (Lipinski definition) is 0. The molecule has 0 aromatic carbocycles. The summed E-state index contributed by atoms with van der Waals surface area (Å²) in [5.74, 6) is 0.784. The molecule has 0 heterocycles. The lowest BCUT2D eigenvalue weighted by atomic mass is 9.69. The molecule has 16 heavy (non-hydrogen) atoms. The highest BCUT2D eigenvalue weighted by atomic mass is 14.3. The van der Waals surface area contributed by atoms with Gasteiger partial charge in [0.2, 0.25) is 0 Å². The number of allylic oxidation sites excluding steroid dienone is 1. The molecule has 0 aliphatic carbocycles. The van der Waals surface area contributed by atoms with Crippen molar-refractivity contribution in [1.29, 1.82) is 0 Å². The van der Waals surface area contributed by atoms with Crippen LogP contribution in [0.1, 0.15) is 74.1 Å². The normalized spacial score (nSPS) is 14.9. The van der Waals surface area contributed by atoms with E-state index in [1.807, 2.05) is 0 Å². The van der Waals surface area contributed by atoms with Gasteiger partial charge in [-0.3, -0.25) is 0 Å². The summed E-state index contributed by atoms with van der Waals surface area (Å²) in [5, 5.41) is 0. The minimum absolute atomic E-state index is 0.252. The van der Waals surface area contributed by atoms with Crippen LogP contribution in [-0.2, 0) is 0 Å². The Hall–Kier alpha value is -0.260. The molecule has 0 N–H and O–H groups in total. The van der Waals surface area contributed by atoms with Crippen molar-refractivity contribution in [3.63, 3.8) is 0 Å². The van der Waals surface area contributed by atoms with E-state index in [2.05, 4.69) is 55.0 Å². The maximum atomic E-state index is 4.27. The van der Waals surface area contributed by atoms with Crippen LogP contribution < -0.4 is 0 Å². The Balaban J connectivity index is 4.38. The van der Waals surface area contributed by atoms with E-state index in [9.17, 15) is 0 Å². The van der Waals surface area contributed by atoms with Crippen LogP contribution in [0.25, 0.3) is 0 Å². The fourth-order valence-corrected chi connectivity index (χ4v) is 1.89. The third kappa shape index (κ3) is 5.18. The lowest BCUT2D eigenvalue weighted by molar-refractivity contribution is 0.201. The van der Waals surface area contributed by atoms with Crippen LogP contribution in [0.3, 0.4) is 0 Å². The van der Waals surface area contributed by atoms with E-state index in [1.165, 1.54) is 24.8 Å². The van der Waals surface area contributed by atoms with Crippen LogP contribution >= 0.6 is 0 Å². The molecular formula is C16H32. The average Bonchev–Trinajstić information content (AvgIpc) is 2.11. The smallest absolute Gasteiger partial charge is 0.0175 e. The Labute approximate surface area is 104 Å². The van der Waals surface area contributed by atoms with E-state index >= 15 is 0 Å². The quantitative estimate of drug-likeness (QED) is 0.498. The van der Waals surface area contributed by atoms with Gasteiger partial charge in [-0.2, -0.15) is 0 Å². The minimum atomic E-state index is 0.252. The van der Waals surface area contributed by atoms with Crippen LogP contribution in [0.15, 0.2) is 12.2 Å². The highest BCUT2D eigenvalue weighted by Gasteiger charge is 2.29. The first-order valence-corrected chi connectivity index (χ1v) is 6.79. The Morgan fingerprint density at radius 3 is 2.00 bits per heavy atom. The molecule has 0 rings (SSSR count). The summed E-state index contributed by atoms with van der Waals surface area (Å²) in [7, 11) is 0. The molecular weight excluding hydrogens is 192 g/mol. The van der Waals surface area contributed by atoms with E-state index in [0.717, 1.165) is 12.3 Å². The first-order chi connectivity index (χ1) is 7.11. The highest BCUT2D eigenvalue weighted by molar-refractivity contribution is 5.08. The summed E-state index contributed by atoms with van der Waals surface area (Å²) in [6.07, 6.45) is 5.16. The highest BCUT2D eigenvalue weighted by Crippen LogP contribution is 2.40. The van der Waals surface area contributed by atoms with Crippen molar-refractivity contribution in [2.75, 3.05) is 0 Å². The van der Waals surface area contributed by atoms with Crippen molar-refractivity contribution in [3.05, 3.63) is 12.2 Å². The monoisotopic (exact) mass is 224 g/mol. The summed E-state index contributed by atoms with van der Waals surface area (Å²) in [6, 6.07) is 0. The minimum Gasteiger partial charge on any atom is -0.0993 e. The van der Waals surface area contributed by atoms with E-state index in [1.54, 1.807) is 0 Å². The molecule has 0 bridgehead atoms. The summed E-state index contributed by atoms with van der Waals surface area (Å²) in [5.41, 5.74) is 2.03. The average molecular weight is 224 g/mol. The molecule has 96 valence electrons. The maximum absolute atomic E-state index is 4.27. The molecule has 0 nitrogen and oxygen atoms in total. The third-order valence-corrected chi connectivity index (χ3v) is 4.05. The molecule has 0 fully saturated rings. The Morgan fingerprint density at radius 2 is 1.62 bits per heavy atom. The molecule has 0 heteroatoms. The van der Waals surface area contributed by atoms with Crippen LogP contribution in [0, 0.1) is 16.7 Å². The molecule has 0 saturated heterocycles. The molecule has 0 amide bonds. The Bertz CT molecular complexity index is 215. The Kier molecular flexibility index (Phi) is 5.79. The van der Waals surface area contributed by atoms with Gasteiger partial charge in [0.1, 0.15) is 0 Å². The second kappa shape index (κ2) is 5.89. The fourth-order valence-electron chi connectivity index (χ4n) is 1.89. The molecule has 0 spiro atoms. The van der Waals surface area contributed by atoms with Gasteiger partial charge in [-0.05, 0) is 23.2 Å². The molecule has 0 aliphatic heterocycles. The molecule has 0 aromatic heterocycles. The maximum Gasteiger partial charge on any atom is -0.0175 e. The number of unbranched alkanes of at least 4 members (excludes halogenated alkanes) is 1. The zero-order chi connectivity index (χ0) is 13.0. The molecule has 0 radical (unpaired) electrons. The molecule has 1 atom stereocenters. The van der Waals surface area contributed by atoms with Gasteiger partial charge in [0, 0.05) is 0 Å². The van der Waals surface area contributed by atoms with Gasteiger partial charge in [-0.1, -0.05) is 79.9 Å². The predicted octanol–water partition coefficient (Wildman–Crippen LogP) is 5.83. The summed E-state index contributed by atoms with van der Waals surface area (Å²) in [4.78, 5) is 0. The zero-order valence-corrected chi connectivity index (χ0v) is 12.6. The first kappa shape index (κ1) is 15.7. The van der Waals surface area contributed by atoms with E-state index in [-0.39, 0.29) is 5.41 Å². The van der Waals surface area contributed by atoms with Crippen LogP contribution in [-0.4, -0.2) is 0 Å². The SMILES string of the molecule is C=C(CC(C)(C)C(C)CCCC)C(C)(C)C.